The second-order valence-corrected chi connectivity index (χ2v) is 11.4. The number of rotatable bonds is 19. The minimum atomic E-state index is -0.122. The van der Waals surface area contributed by atoms with Crippen LogP contribution in [0.15, 0.2) is 0 Å². The van der Waals surface area contributed by atoms with E-state index >= 15 is 0 Å². The fourth-order valence-electron chi connectivity index (χ4n) is 5.36. The molecular weight excluding hydrogens is 470 g/mol. The summed E-state index contributed by atoms with van der Waals surface area (Å²) in [5.74, 6) is -0.261. The van der Waals surface area contributed by atoms with Gasteiger partial charge >= 0.3 is 17.9 Å². The third-order valence-electron chi connectivity index (χ3n) is 7.55. The number of nitrogens with zero attached hydrogens (tertiary/aromatic N) is 1. The smallest absolute Gasteiger partial charge is 0.306 e. The third kappa shape index (κ3) is 16.0. The van der Waals surface area contributed by atoms with Crippen LogP contribution in [0.4, 0.5) is 0 Å². The molecule has 0 heterocycles. The number of esters is 3. The molecular formula is C30H53NO6. The monoisotopic (exact) mass is 523 g/mol. The molecule has 0 spiro atoms. The Balaban J connectivity index is 1.61. The molecule has 0 aromatic rings. The molecule has 7 heteroatoms. The molecule has 1 unspecified atom stereocenters. The van der Waals surface area contributed by atoms with E-state index in [1.54, 1.807) is 0 Å². The van der Waals surface area contributed by atoms with Crippen molar-refractivity contribution in [2.24, 2.45) is 0 Å². The van der Waals surface area contributed by atoms with Crippen LogP contribution in [-0.2, 0) is 28.6 Å². The van der Waals surface area contributed by atoms with Gasteiger partial charge in [0.25, 0.3) is 0 Å². The first-order valence-corrected chi connectivity index (χ1v) is 15.2. The predicted octanol–water partition coefficient (Wildman–Crippen LogP) is 6.50. The predicted molar refractivity (Wildman–Crippen MR) is 145 cm³/mol. The highest BCUT2D eigenvalue weighted by Gasteiger charge is 2.20. The van der Waals surface area contributed by atoms with Crippen molar-refractivity contribution >= 4 is 17.9 Å². The van der Waals surface area contributed by atoms with Gasteiger partial charge in [-0.2, -0.15) is 0 Å². The molecule has 0 radical (unpaired) electrons. The number of hydrogen-bond acceptors (Lipinski definition) is 7. The number of hydrogen-bond donors (Lipinski definition) is 0. The molecule has 2 rings (SSSR count). The molecule has 2 saturated carbocycles. The molecule has 1 atom stereocenters. The van der Waals surface area contributed by atoms with Crippen molar-refractivity contribution in [1.82, 2.24) is 4.90 Å². The zero-order valence-electron chi connectivity index (χ0n) is 23.7. The van der Waals surface area contributed by atoms with E-state index < -0.39 is 0 Å². The summed E-state index contributed by atoms with van der Waals surface area (Å²) in [5, 5.41) is 0. The van der Waals surface area contributed by atoms with Crippen LogP contribution in [0.5, 0.6) is 0 Å². The molecule has 0 saturated heterocycles. The molecule has 0 aliphatic heterocycles. The lowest BCUT2D eigenvalue weighted by molar-refractivity contribution is -0.151. The van der Waals surface area contributed by atoms with Crippen LogP contribution >= 0.6 is 0 Å². The second kappa shape index (κ2) is 19.4. The van der Waals surface area contributed by atoms with Crippen LogP contribution in [0.1, 0.15) is 135 Å². The summed E-state index contributed by atoms with van der Waals surface area (Å²) in [6.07, 6.45) is 19.3. The number of unbranched alkanes of at least 4 members (excludes halogenated alkanes) is 4. The second-order valence-electron chi connectivity index (χ2n) is 11.4. The van der Waals surface area contributed by atoms with E-state index in [2.05, 4.69) is 4.90 Å². The Bertz CT molecular complexity index is 640. The van der Waals surface area contributed by atoms with Gasteiger partial charge in [-0.1, -0.05) is 19.3 Å². The van der Waals surface area contributed by atoms with Crippen molar-refractivity contribution in [3.05, 3.63) is 0 Å². The first-order chi connectivity index (χ1) is 17.9. The zero-order valence-corrected chi connectivity index (χ0v) is 23.7. The van der Waals surface area contributed by atoms with Crippen LogP contribution in [0, 0.1) is 0 Å². The maximum absolute atomic E-state index is 12.4. The summed E-state index contributed by atoms with van der Waals surface area (Å²) in [4.78, 5) is 38.6. The van der Waals surface area contributed by atoms with Crippen molar-refractivity contribution in [3.8, 4) is 0 Å². The lowest BCUT2D eigenvalue weighted by Gasteiger charge is -2.21. The molecule has 37 heavy (non-hydrogen) atoms. The van der Waals surface area contributed by atoms with E-state index in [-0.39, 0.29) is 36.2 Å². The standard InChI is InChI=1S/C30H53NO6/c1-31(2)24-14-23-30(34)37-26(18-9-5-11-22-29(33)36-27-19-12-13-20-27)17-8-4-10-21-28(32)35-25-15-6-3-7-16-25/h25-27H,3-24H2,1-2H3. The van der Waals surface area contributed by atoms with Gasteiger partial charge in [0.15, 0.2) is 0 Å². The maximum atomic E-state index is 12.4. The SMILES string of the molecule is CN(C)CCCC(=O)OC(CCCCCC(=O)OC1CCCCC1)CCCCCC(=O)OC1CCCC1. The molecule has 2 aliphatic rings. The first kappa shape index (κ1) is 31.6. The summed E-state index contributed by atoms with van der Waals surface area (Å²) in [5.41, 5.74) is 0. The Labute approximate surface area is 225 Å². The van der Waals surface area contributed by atoms with Gasteiger partial charge in [0, 0.05) is 19.3 Å². The van der Waals surface area contributed by atoms with Gasteiger partial charge in [-0.3, -0.25) is 14.4 Å². The van der Waals surface area contributed by atoms with Gasteiger partial charge in [-0.05, 0) is 117 Å². The van der Waals surface area contributed by atoms with Crippen LogP contribution in [0.25, 0.3) is 0 Å². The molecule has 0 N–H and O–H groups in total. The van der Waals surface area contributed by atoms with Gasteiger partial charge in [0.05, 0.1) is 0 Å². The fraction of sp³-hybridized carbons (Fsp3) is 0.900. The Morgan fingerprint density at radius 2 is 1.08 bits per heavy atom. The van der Waals surface area contributed by atoms with Gasteiger partial charge in [0.2, 0.25) is 0 Å². The Kier molecular flexibility index (Phi) is 16.6. The van der Waals surface area contributed by atoms with Crippen LogP contribution in [0.3, 0.4) is 0 Å². The molecule has 0 aromatic heterocycles. The maximum Gasteiger partial charge on any atom is 0.306 e. The zero-order chi connectivity index (χ0) is 26.7. The molecule has 214 valence electrons. The number of carbonyl (C=O) groups is 3. The highest BCUT2D eigenvalue weighted by atomic mass is 16.6. The van der Waals surface area contributed by atoms with E-state index in [1.165, 1.54) is 6.42 Å². The van der Waals surface area contributed by atoms with Gasteiger partial charge < -0.3 is 19.1 Å². The molecule has 0 aromatic carbocycles. The van der Waals surface area contributed by atoms with Gasteiger partial charge in [-0.25, -0.2) is 0 Å². The average molecular weight is 524 g/mol. The highest BCUT2D eigenvalue weighted by Crippen LogP contribution is 2.23. The first-order valence-electron chi connectivity index (χ1n) is 15.2. The van der Waals surface area contributed by atoms with Gasteiger partial charge in [-0.15, -0.1) is 0 Å². The average Bonchev–Trinajstić information content (AvgIpc) is 3.36. The van der Waals surface area contributed by atoms with Crippen LogP contribution in [0.2, 0.25) is 0 Å². The summed E-state index contributed by atoms with van der Waals surface area (Å²) >= 11 is 0. The quantitative estimate of drug-likeness (QED) is 0.108. The lowest BCUT2D eigenvalue weighted by Crippen LogP contribution is -2.21. The molecule has 0 amide bonds. The van der Waals surface area contributed by atoms with E-state index in [0.29, 0.717) is 19.3 Å². The molecule has 7 nitrogen and oxygen atoms in total. The van der Waals surface area contributed by atoms with Crippen molar-refractivity contribution in [1.29, 1.82) is 0 Å². The minimum Gasteiger partial charge on any atom is -0.462 e. The van der Waals surface area contributed by atoms with Gasteiger partial charge in [0.1, 0.15) is 18.3 Å². The number of ether oxygens (including phenoxy) is 3. The van der Waals surface area contributed by atoms with E-state index in [0.717, 1.165) is 116 Å². The van der Waals surface area contributed by atoms with Crippen LogP contribution in [-0.4, -0.2) is 61.8 Å². The Morgan fingerprint density at radius 3 is 1.57 bits per heavy atom. The Morgan fingerprint density at radius 1 is 0.622 bits per heavy atom. The molecule has 2 fully saturated rings. The van der Waals surface area contributed by atoms with Crippen molar-refractivity contribution < 1.29 is 28.6 Å². The lowest BCUT2D eigenvalue weighted by atomic mass is 9.98. The fourth-order valence-corrected chi connectivity index (χ4v) is 5.36. The van der Waals surface area contributed by atoms with Crippen molar-refractivity contribution in [2.45, 2.75) is 153 Å². The van der Waals surface area contributed by atoms with Crippen LogP contribution < -0.4 is 0 Å². The van der Waals surface area contributed by atoms with E-state index in [4.69, 9.17) is 14.2 Å². The molecule has 2 aliphatic carbocycles. The minimum absolute atomic E-state index is 0.0674. The van der Waals surface area contributed by atoms with Crippen molar-refractivity contribution in [3.63, 3.8) is 0 Å². The number of carbonyl (C=O) groups excluding carboxylic acids is 3. The largest absolute Gasteiger partial charge is 0.462 e. The summed E-state index contributed by atoms with van der Waals surface area (Å²) in [7, 11) is 4.01. The summed E-state index contributed by atoms with van der Waals surface area (Å²) < 4.78 is 17.0. The highest BCUT2D eigenvalue weighted by molar-refractivity contribution is 5.70. The van der Waals surface area contributed by atoms with E-state index in [9.17, 15) is 14.4 Å². The van der Waals surface area contributed by atoms with Crippen molar-refractivity contribution in [2.75, 3.05) is 20.6 Å². The Hall–Kier alpha value is -1.63. The third-order valence-corrected chi connectivity index (χ3v) is 7.55. The summed E-state index contributed by atoms with van der Waals surface area (Å²) in [6, 6.07) is 0. The topological polar surface area (TPSA) is 82.1 Å². The summed E-state index contributed by atoms with van der Waals surface area (Å²) in [6.45, 7) is 0.869. The van der Waals surface area contributed by atoms with E-state index in [1.807, 2.05) is 14.1 Å². The molecule has 0 bridgehead atoms. The normalized spacial score (nSPS) is 17.6.